The number of alkyl halides is 1. The summed E-state index contributed by atoms with van der Waals surface area (Å²) in [6, 6.07) is 0. The molecule has 0 unspecified atom stereocenters. The van der Waals surface area contributed by atoms with Crippen LogP contribution in [0.3, 0.4) is 0 Å². The number of carbonyl (C=O) groups excluding carboxylic acids is 1. The molecule has 0 spiro atoms. The summed E-state index contributed by atoms with van der Waals surface area (Å²) in [4.78, 5) is 27.6. The molecule has 1 atom stereocenters. The van der Waals surface area contributed by atoms with E-state index in [4.69, 9.17) is 9.79 Å². The third-order valence-corrected chi connectivity index (χ3v) is 2.72. The molecule has 0 saturated carbocycles. The van der Waals surface area contributed by atoms with Crippen molar-refractivity contribution in [2.45, 2.75) is 44.9 Å². The Kier molecular flexibility index (Phi) is 6.16. The molecule has 0 bridgehead atoms. The molecule has 0 fully saturated rings. The summed E-state index contributed by atoms with van der Waals surface area (Å²) in [7, 11) is -4.88. The van der Waals surface area contributed by atoms with Crippen LogP contribution in [-0.4, -0.2) is 21.5 Å². The van der Waals surface area contributed by atoms with E-state index in [9.17, 15) is 13.8 Å². The van der Waals surface area contributed by atoms with E-state index >= 15 is 0 Å². The van der Waals surface area contributed by atoms with Crippen molar-refractivity contribution in [3.8, 4) is 0 Å². The molecule has 0 amide bonds. The number of hydrogen-bond donors (Lipinski definition) is 2. The standard InChI is InChI=1S/C8H16FO4P/c1-2-3-4-5-6-7(10)8(9)14(11,12)13/h8H,2-6H2,1H3,(H2,11,12,13)/t8-/m0/s1. The lowest BCUT2D eigenvalue weighted by molar-refractivity contribution is -0.121. The smallest absolute Gasteiger partial charge is 0.322 e. The Hall–Kier alpha value is -0.250. The summed E-state index contributed by atoms with van der Waals surface area (Å²) in [5, 5.41) is 0. The molecule has 84 valence electrons. The first-order valence-electron chi connectivity index (χ1n) is 4.61. The van der Waals surface area contributed by atoms with Gasteiger partial charge in [0.25, 0.3) is 5.91 Å². The number of carbonyl (C=O) groups is 1. The van der Waals surface area contributed by atoms with Gasteiger partial charge in [0.1, 0.15) is 0 Å². The summed E-state index contributed by atoms with van der Waals surface area (Å²) in [6.07, 6.45) is 3.13. The highest BCUT2D eigenvalue weighted by Gasteiger charge is 2.34. The molecule has 0 heterocycles. The number of ketones is 1. The molecule has 6 heteroatoms. The number of unbranched alkanes of at least 4 members (excludes halogenated alkanes) is 3. The lowest BCUT2D eigenvalue weighted by Crippen LogP contribution is -2.15. The van der Waals surface area contributed by atoms with Crippen LogP contribution in [0.4, 0.5) is 4.39 Å². The minimum Gasteiger partial charge on any atom is -0.322 e. The normalized spacial score (nSPS) is 14.0. The van der Waals surface area contributed by atoms with Crippen molar-refractivity contribution in [2.24, 2.45) is 0 Å². The van der Waals surface area contributed by atoms with E-state index in [2.05, 4.69) is 0 Å². The summed E-state index contributed by atoms with van der Waals surface area (Å²) in [6.45, 7) is 2.00. The molecule has 0 aliphatic heterocycles. The van der Waals surface area contributed by atoms with Gasteiger partial charge in [0.05, 0.1) is 0 Å². The Labute approximate surface area is 82.7 Å². The third-order valence-electron chi connectivity index (χ3n) is 1.84. The van der Waals surface area contributed by atoms with Crippen LogP contribution in [0.2, 0.25) is 0 Å². The molecule has 14 heavy (non-hydrogen) atoms. The topological polar surface area (TPSA) is 74.6 Å². The molecule has 4 nitrogen and oxygen atoms in total. The van der Waals surface area contributed by atoms with Crippen LogP contribution in [-0.2, 0) is 9.36 Å². The van der Waals surface area contributed by atoms with E-state index in [0.717, 1.165) is 19.3 Å². The number of Topliss-reactive ketones (excluding diaryl/α,β-unsaturated/α-hetero) is 1. The van der Waals surface area contributed by atoms with Crippen molar-refractivity contribution in [1.82, 2.24) is 0 Å². The van der Waals surface area contributed by atoms with E-state index in [1.54, 1.807) is 0 Å². The lowest BCUT2D eigenvalue weighted by Gasteiger charge is -2.08. The van der Waals surface area contributed by atoms with Crippen LogP contribution < -0.4 is 0 Å². The average molecular weight is 226 g/mol. The molecule has 0 aromatic heterocycles. The molecular formula is C8H16FO4P. The van der Waals surface area contributed by atoms with E-state index in [1.165, 1.54) is 0 Å². The van der Waals surface area contributed by atoms with Gasteiger partial charge in [-0.15, -0.1) is 0 Å². The molecule has 0 aliphatic carbocycles. The summed E-state index contributed by atoms with van der Waals surface area (Å²) >= 11 is 0. The van der Waals surface area contributed by atoms with Gasteiger partial charge in [-0.1, -0.05) is 26.2 Å². The fourth-order valence-electron chi connectivity index (χ4n) is 1.03. The first-order valence-corrected chi connectivity index (χ1v) is 6.29. The summed E-state index contributed by atoms with van der Waals surface area (Å²) in [5.41, 5.74) is 0. The Morgan fingerprint density at radius 1 is 1.36 bits per heavy atom. The highest BCUT2D eigenvalue weighted by Crippen LogP contribution is 2.42. The average Bonchev–Trinajstić information content (AvgIpc) is 2.09. The predicted molar refractivity (Wildman–Crippen MR) is 50.7 cm³/mol. The minimum atomic E-state index is -4.88. The van der Waals surface area contributed by atoms with Gasteiger partial charge in [-0.2, -0.15) is 0 Å². The number of halogens is 1. The number of rotatable bonds is 7. The van der Waals surface area contributed by atoms with Crippen LogP contribution >= 0.6 is 7.60 Å². The zero-order valence-electron chi connectivity index (χ0n) is 8.15. The molecule has 0 aromatic carbocycles. The van der Waals surface area contributed by atoms with Crippen LogP contribution in [0.1, 0.15) is 39.0 Å². The highest BCUT2D eigenvalue weighted by molar-refractivity contribution is 7.53. The first-order chi connectivity index (χ1) is 6.39. The fraction of sp³-hybridized carbons (Fsp3) is 0.875. The maximum absolute atomic E-state index is 12.7. The molecule has 0 aromatic rings. The summed E-state index contributed by atoms with van der Waals surface area (Å²) < 4.78 is 23.1. The SMILES string of the molecule is CCCCCCC(=O)[C@@H](F)P(=O)(O)O. The van der Waals surface area contributed by atoms with Crippen LogP contribution in [0.15, 0.2) is 0 Å². The number of hydrogen-bond acceptors (Lipinski definition) is 2. The Morgan fingerprint density at radius 3 is 2.36 bits per heavy atom. The predicted octanol–water partition coefficient (Wildman–Crippen LogP) is 2.00. The molecular weight excluding hydrogens is 210 g/mol. The van der Waals surface area contributed by atoms with Gasteiger partial charge < -0.3 is 9.79 Å². The third kappa shape index (κ3) is 5.47. The molecule has 0 rings (SSSR count). The zero-order valence-corrected chi connectivity index (χ0v) is 9.04. The van der Waals surface area contributed by atoms with Crippen LogP contribution in [0.25, 0.3) is 0 Å². The Bertz CT molecular complexity index is 225. The van der Waals surface area contributed by atoms with Gasteiger partial charge in [-0.3, -0.25) is 9.36 Å². The van der Waals surface area contributed by atoms with Crippen molar-refractivity contribution in [1.29, 1.82) is 0 Å². The van der Waals surface area contributed by atoms with Crippen molar-refractivity contribution in [3.63, 3.8) is 0 Å². The van der Waals surface area contributed by atoms with Crippen molar-refractivity contribution < 1.29 is 23.5 Å². The van der Waals surface area contributed by atoms with Gasteiger partial charge >= 0.3 is 7.60 Å². The zero-order chi connectivity index (χ0) is 11.2. The highest BCUT2D eigenvalue weighted by atomic mass is 31.2. The largest absolute Gasteiger partial charge is 0.367 e. The summed E-state index contributed by atoms with van der Waals surface area (Å²) in [5.74, 6) is -3.63. The molecule has 0 radical (unpaired) electrons. The van der Waals surface area contributed by atoms with Gasteiger partial charge in [0, 0.05) is 6.42 Å². The van der Waals surface area contributed by atoms with Crippen LogP contribution in [0.5, 0.6) is 0 Å². The van der Waals surface area contributed by atoms with Gasteiger partial charge in [0.2, 0.25) is 0 Å². The maximum atomic E-state index is 12.7. The van der Waals surface area contributed by atoms with Crippen molar-refractivity contribution in [2.75, 3.05) is 0 Å². The maximum Gasteiger partial charge on any atom is 0.367 e. The van der Waals surface area contributed by atoms with Crippen LogP contribution in [0, 0.1) is 0 Å². The first kappa shape index (κ1) is 13.8. The second kappa shape index (κ2) is 6.27. The van der Waals surface area contributed by atoms with Crippen molar-refractivity contribution in [3.05, 3.63) is 0 Å². The molecule has 0 saturated heterocycles. The molecule has 0 aliphatic rings. The van der Waals surface area contributed by atoms with E-state index in [-0.39, 0.29) is 6.42 Å². The van der Waals surface area contributed by atoms with E-state index < -0.39 is 19.3 Å². The van der Waals surface area contributed by atoms with Gasteiger partial charge in [-0.25, -0.2) is 4.39 Å². The second-order valence-electron chi connectivity index (χ2n) is 3.20. The molecule has 2 N–H and O–H groups in total. The van der Waals surface area contributed by atoms with E-state index in [0.29, 0.717) is 6.42 Å². The quantitative estimate of drug-likeness (QED) is 0.514. The fourth-order valence-corrected chi connectivity index (χ4v) is 1.54. The monoisotopic (exact) mass is 226 g/mol. The Morgan fingerprint density at radius 2 is 1.93 bits per heavy atom. The van der Waals surface area contributed by atoms with E-state index in [1.807, 2.05) is 6.92 Å². The van der Waals surface area contributed by atoms with Gasteiger partial charge in [-0.05, 0) is 6.42 Å². The lowest BCUT2D eigenvalue weighted by atomic mass is 10.1. The minimum absolute atomic E-state index is 0.0910. The van der Waals surface area contributed by atoms with Crippen molar-refractivity contribution >= 4 is 13.4 Å². The Balaban J connectivity index is 3.80. The second-order valence-corrected chi connectivity index (χ2v) is 4.83. The van der Waals surface area contributed by atoms with Gasteiger partial charge in [0.15, 0.2) is 5.78 Å².